The Bertz CT molecular complexity index is 759. The highest BCUT2D eigenvalue weighted by Gasteiger charge is 2.46. The van der Waals surface area contributed by atoms with Gasteiger partial charge in [-0.15, -0.1) is 0 Å². The molecule has 136 valence electrons. The molecule has 2 fully saturated rings. The normalized spacial score (nSPS) is 22.0. The molecule has 1 amide bonds. The molecule has 1 N–H and O–H groups in total. The molecule has 1 saturated carbocycles. The van der Waals surface area contributed by atoms with Crippen LogP contribution in [-0.2, 0) is 21.6 Å². The summed E-state index contributed by atoms with van der Waals surface area (Å²) in [5, 5.41) is 3.25. The minimum Gasteiger partial charge on any atom is -0.366 e. The predicted octanol–water partition coefficient (Wildman–Crippen LogP) is 3.46. The number of carbonyl (C=O) groups is 1. The van der Waals surface area contributed by atoms with Crippen LogP contribution in [0.2, 0.25) is 0 Å². The van der Waals surface area contributed by atoms with E-state index >= 15 is 0 Å². The monoisotopic (exact) mass is 414 g/mol. The van der Waals surface area contributed by atoms with Crippen LogP contribution in [0.3, 0.4) is 0 Å². The maximum atomic E-state index is 12.8. The number of morpholine rings is 1. The third-order valence-electron chi connectivity index (χ3n) is 5.20. The van der Waals surface area contributed by atoms with Crippen LogP contribution in [0, 0.1) is 0 Å². The van der Waals surface area contributed by atoms with Gasteiger partial charge in [0, 0.05) is 24.1 Å². The second kappa shape index (κ2) is 7.51. The van der Waals surface area contributed by atoms with Gasteiger partial charge in [-0.1, -0.05) is 58.4 Å². The number of carbonyl (C=O) groups excluding carboxylic acids is 1. The Morgan fingerprint density at radius 3 is 2.58 bits per heavy atom. The zero-order chi connectivity index (χ0) is 18.0. The van der Waals surface area contributed by atoms with Crippen molar-refractivity contribution in [3.05, 3.63) is 70.2 Å². The van der Waals surface area contributed by atoms with E-state index in [0.29, 0.717) is 13.2 Å². The summed E-state index contributed by atoms with van der Waals surface area (Å²) in [5.41, 5.74) is 2.23. The standard InChI is InChI=1S/C21H23BrN2O2/c22-18-8-6-17(7-9-18)21(10-11-21)23-20(25)19-15-24(12-13-26-19)14-16-4-2-1-3-5-16/h1-9,19H,10-15H2,(H,23,25). The van der Waals surface area contributed by atoms with Gasteiger partial charge in [-0.25, -0.2) is 0 Å². The van der Waals surface area contributed by atoms with Gasteiger partial charge in [-0.05, 0) is 36.1 Å². The van der Waals surface area contributed by atoms with Crippen LogP contribution in [0.15, 0.2) is 59.1 Å². The van der Waals surface area contributed by atoms with Gasteiger partial charge in [0.05, 0.1) is 12.1 Å². The Hall–Kier alpha value is -1.69. The molecule has 1 unspecified atom stereocenters. The predicted molar refractivity (Wildman–Crippen MR) is 105 cm³/mol. The van der Waals surface area contributed by atoms with Gasteiger partial charge in [-0.3, -0.25) is 9.69 Å². The van der Waals surface area contributed by atoms with Crippen LogP contribution in [0.25, 0.3) is 0 Å². The third-order valence-corrected chi connectivity index (χ3v) is 5.73. The quantitative estimate of drug-likeness (QED) is 0.814. The van der Waals surface area contributed by atoms with Crippen molar-refractivity contribution in [3.63, 3.8) is 0 Å². The second-order valence-corrected chi connectivity index (χ2v) is 8.07. The van der Waals surface area contributed by atoms with Crippen LogP contribution >= 0.6 is 15.9 Å². The molecule has 0 spiro atoms. The lowest BCUT2D eigenvalue weighted by atomic mass is 10.0. The van der Waals surface area contributed by atoms with Crippen LogP contribution in [0.5, 0.6) is 0 Å². The highest BCUT2D eigenvalue weighted by atomic mass is 79.9. The lowest BCUT2D eigenvalue weighted by Gasteiger charge is -2.33. The van der Waals surface area contributed by atoms with Crippen LogP contribution in [0.1, 0.15) is 24.0 Å². The van der Waals surface area contributed by atoms with E-state index in [9.17, 15) is 4.79 Å². The minimum absolute atomic E-state index is 0.00294. The summed E-state index contributed by atoms with van der Waals surface area (Å²) >= 11 is 3.47. The Balaban J connectivity index is 1.38. The van der Waals surface area contributed by atoms with Gasteiger partial charge in [0.25, 0.3) is 5.91 Å². The summed E-state index contributed by atoms with van der Waals surface area (Å²) in [6.45, 7) is 2.94. The summed E-state index contributed by atoms with van der Waals surface area (Å²) in [6.07, 6.45) is 1.57. The number of amides is 1. The first-order valence-corrected chi connectivity index (χ1v) is 9.90. The van der Waals surface area contributed by atoms with Crippen molar-refractivity contribution in [1.82, 2.24) is 10.2 Å². The first kappa shape index (κ1) is 17.7. The van der Waals surface area contributed by atoms with E-state index < -0.39 is 6.10 Å². The molecule has 4 rings (SSSR count). The zero-order valence-electron chi connectivity index (χ0n) is 14.7. The van der Waals surface area contributed by atoms with E-state index in [1.54, 1.807) is 0 Å². The topological polar surface area (TPSA) is 41.6 Å². The molecule has 0 bridgehead atoms. The Morgan fingerprint density at radius 1 is 1.15 bits per heavy atom. The average molecular weight is 415 g/mol. The molecule has 4 nitrogen and oxygen atoms in total. The first-order valence-electron chi connectivity index (χ1n) is 9.11. The molecule has 1 aliphatic carbocycles. The van der Waals surface area contributed by atoms with E-state index in [1.165, 1.54) is 11.1 Å². The largest absolute Gasteiger partial charge is 0.366 e. The molecule has 2 aromatic rings. The maximum absolute atomic E-state index is 12.8. The fraction of sp³-hybridized carbons (Fsp3) is 0.381. The lowest BCUT2D eigenvalue weighted by molar-refractivity contribution is -0.139. The number of ether oxygens (including phenoxy) is 1. The number of hydrogen-bond donors (Lipinski definition) is 1. The van der Waals surface area contributed by atoms with Gasteiger partial charge in [0.15, 0.2) is 0 Å². The van der Waals surface area contributed by atoms with Gasteiger partial charge in [0.2, 0.25) is 0 Å². The lowest BCUT2D eigenvalue weighted by Crippen LogP contribution is -2.51. The molecule has 2 aromatic carbocycles. The summed E-state index contributed by atoms with van der Waals surface area (Å²) in [4.78, 5) is 15.1. The summed E-state index contributed by atoms with van der Waals surface area (Å²) < 4.78 is 6.83. The molecule has 0 radical (unpaired) electrons. The SMILES string of the molecule is O=C(NC1(c2ccc(Br)cc2)CC1)C1CN(Cc2ccccc2)CCO1. The van der Waals surface area contributed by atoms with E-state index in [4.69, 9.17) is 4.74 Å². The number of benzene rings is 2. The second-order valence-electron chi connectivity index (χ2n) is 7.16. The number of nitrogens with one attached hydrogen (secondary N) is 1. The van der Waals surface area contributed by atoms with Crippen LogP contribution in [-0.4, -0.2) is 36.6 Å². The summed E-state index contributed by atoms with van der Waals surface area (Å²) in [5.74, 6) is 0.00294. The zero-order valence-corrected chi connectivity index (χ0v) is 16.2. The fourth-order valence-corrected chi connectivity index (χ4v) is 3.81. The average Bonchev–Trinajstić information content (AvgIpc) is 3.44. The Morgan fingerprint density at radius 2 is 1.88 bits per heavy atom. The fourth-order valence-electron chi connectivity index (χ4n) is 3.54. The minimum atomic E-state index is -0.402. The molecule has 1 atom stereocenters. The molecule has 26 heavy (non-hydrogen) atoms. The van der Waals surface area contributed by atoms with Gasteiger partial charge < -0.3 is 10.1 Å². The summed E-state index contributed by atoms with van der Waals surface area (Å²) in [7, 11) is 0. The smallest absolute Gasteiger partial charge is 0.251 e. The highest BCUT2D eigenvalue weighted by Crippen LogP contribution is 2.45. The number of rotatable bonds is 5. The number of hydrogen-bond acceptors (Lipinski definition) is 3. The van der Waals surface area contributed by atoms with Crippen molar-refractivity contribution in [1.29, 1.82) is 0 Å². The third kappa shape index (κ3) is 4.00. The van der Waals surface area contributed by atoms with Crippen molar-refractivity contribution in [3.8, 4) is 0 Å². The van der Waals surface area contributed by atoms with Crippen molar-refractivity contribution in [2.75, 3.05) is 19.7 Å². The van der Waals surface area contributed by atoms with E-state index in [1.807, 2.05) is 18.2 Å². The van der Waals surface area contributed by atoms with Crippen LogP contribution < -0.4 is 5.32 Å². The molecule has 1 heterocycles. The molecule has 1 aliphatic heterocycles. The number of halogens is 1. The molecule has 2 aliphatic rings. The van der Waals surface area contributed by atoms with Gasteiger partial charge in [-0.2, -0.15) is 0 Å². The highest BCUT2D eigenvalue weighted by molar-refractivity contribution is 9.10. The van der Waals surface area contributed by atoms with E-state index in [0.717, 1.165) is 30.4 Å². The maximum Gasteiger partial charge on any atom is 0.251 e. The van der Waals surface area contributed by atoms with E-state index in [-0.39, 0.29) is 11.4 Å². The van der Waals surface area contributed by atoms with Crippen molar-refractivity contribution < 1.29 is 9.53 Å². The van der Waals surface area contributed by atoms with Crippen LogP contribution in [0.4, 0.5) is 0 Å². The number of nitrogens with zero attached hydrogens (tertiary/aromatic N) is 1. The van der Waals surface area contributed by atoms with Crippen molar-refractivity contribution in [2.45, 2.75) is 31.0 Å². The van der Waals surface area contributed by atoms with Gasteiger partial charge in [0.1, 0.15) is 6.10 Å². The van der Waals surface area contributed by atoms with Crippen molar-refractivity contribution >= 4 is 21.8 Å². The Kier molecular flexibility index (Phi) is 5.11. The molecular weight excluding hydrogens is 392 g/mol. The molecule has 5 heteroatoms. The Labute approximate surface area is 162 Å². The first-order chi connectivity index (χ1) is 12.6. The summed E-state index contributed by atoms with van der Waals surface area (Å²) in [6, 6.07) is 18.6. The molecular formula is C21H23BrN2O2. The molecule has 0 aromatic heterocycles. The van der Waals surface area contributed by atoms with Crippen molar-refractivity contribution in [2.24, 2.45) is 0 Å². The molecule has 1 saturated heterocycles. The van der Waals surface area contributed by atoms with Gasteiger partial charge >= 0.3 is 0 Å². The van der Waals surface area contributed by atoms with E-state index in [2.05, 4.69) is 62.5 Å².